The highest BCUT2D eigenvalue weighted by Crippen LogP contribution is 2.37. The Balaban J connectivity index is 2.44. The summed E-state index contributed by atoms with van der Waals surface area (Å²) in [6.07, 6.45) is 4.10. The molecule has 2 nitrogen and oxygen atoms in total. The molecule has 0 aliphatic rings. The van der Waals surface area contributed by atoms with E-state index in [9.17, 15) is 0 Å². The third kappa shape index (κ3) is 3.70. The molecule has 2 heteroatoms. The standard InChI is InChI=1S/C20H26N2/c1-15(2)12-13-20(3,17-9-5-7-11-19(17)22)14-16-8-4-6-10-18(16)21/h4-12H,13-14,21-22H2,1-3H3. The number of hydrogen-bond donors (Lipinski definition) is 2. The van der Waals surface area contributed by atoms with Crippen molar-refractivity contribution in [3.05, 3.63) is 71.3 Å². The van der Waals surface area contributed by atoms with E-state index in [2.05, 4.69) is 45.0 Å². The molecule has 0 saturated heterocycles. The van der Waals surface area contributed by atoms with Crippen molar-refractivity contribution in [2.45, 2.75) is 39.0 Å². The summed E-state index contributed by atoms with van der Waals surface area (Å²) in [6, 6.07) is 16.2. The second-order valence-electron chi connectivity index (χ2n) is 6.51. The van der Waals surface area contributed by atoms with Gasteiger partial charge in [-0.1, -0.05) is 55.0 Å². The van der Waals surface area contributed by atoms with E-state index in [-0.39, 0.29) is 5.41 Å². The zero-order valence-electron chi connectivity index (χ0n) is 13.8. The summed E-state index contributed by atoms with van der Waals surface area (Å²) in [4.78, 5) is 0. The molecule has 0 radical (unpaired) electrons. The molecule has 116 valence electrons. The van der Waals surface area contributed by atoms with Crippen LogP contribution in [0.3, 0.4) is 0 Å². The Morgan fingerprint density at radius 2 is 1.55 bits per heavy atom. The third-order valence-corrected chi connectivity index (χ3v) is 4.21. The highest BCUT2D eigenvalue weighted by Gasteiger charge is 2.28. The number of hydrogen-bond acceptors (Lipinski definition) is 2. The van der Waals surface area contributed by atoms with Gasteiger partial charge in [-0.25, -0.2) is 0 Å². The molecule has 0 spiro atoms. The molecule has 0 amide bonds. The summed E-state index contributed by atoms with van der Waals surface area (Å²) in [6.45, 7) is 6.53. The molecule has 2 aromatic rings. The first-order valence-corrected chi connectivity index (χ1v) is 7.74. The van der Waals surface area contributed by atoms with Crippen LogP contribution in [0.5, 0.6) is 0 Å². The van der Waals surface area contributed by atoms with Crippen LogP contribution in [0.4, 0.5) is 11.4 Å². The zero-order chi connectivity index (χ0) is 16.2. The van der Waals surface area contributed by atoms with Crippen molar-refractivity contribution in [3.63, 3.8) is 0 Å². The van der Waals surface area contributed by atoms with Crippen LogP contribution in [0.25, 0.3) is 0 Å². The van der Waals surface area contributed by atoms with Gasteiger partial charge in [0.15, 0.2) is 0 Å². The van der Waals surface area contributed by atoms with Crippen molar-refractivity contribution in [3.8, 4) is 0 Å². The van der Waals surface area contributed by atoms with Crippen molar-refractivity contribution < 1.29 is 0 Å². The molecule has 2 aromatic carbocycles. The SMILES string of the molecule is CC(C)=CCC(C)(Cc1ccccc1N)c1ccccc1N. The maximum absolute atomic E-state index is 6.25. The molecular formula is C20H26N2. The molecule has 0 fully saturated rings. The maximum atomic E-state index is 6.25. The Kier molecular flexibility index (Phi) is 4.92. The summed E-state index contributed by atoms with van der Waals surface area (Å²) in [7, 11) is 0. The van der Waals surface area contributed by atoms with Gasteiger partial charge in [0, 0.05) is 16.8 Å². The van der Waals surface area contributed by atoms with Crippen molar-refractivity contribution in [2.24, 2.45) is 0 Å². The lowest BCUT2D eigenvalue weighted by Crippen LogP contribution is -2.26. The third-order valence-electron chi connectivity index (χ3n) is 4.21. The minimum absolute atomic E-state index is 0.0713. The van der Waals surface area contributed by atoms with E-state index in [1.165, 1.54) is 16.7 Å². The van der Waals surface area contributed by atoms with Crippen molar-refractivity contribution in [1.82, 2.24) is 0 Å². The molecule has 22 heavy (non-hydrogen) atoms. The van der Waals surface area contributed by atoms with Crippen LogP contribution >= 0.6 is 0 Å². The topological polar surface area (TPSA) is 52.0 Å². The normalized spacial score (nSPS) is 13.4. The van der Waals surface area contributed by atoms with Crippen LogP contribution in [0.2, 0.25) is 0 Å². The Hall–Kier alpha value is -2.22. The number of allylic oxidation sites excluding steroid dienone is 2. The van der Waals surface area contributed by atoms with E-state index < -0.39 is 0 Å². The molecular weight excluding hydrogens is 268 g/mol. The van der Waals surface area contributed by atoms with Gasteiger partial charge in [-0.2, -0.15) is 0 Å². The lowest BCUT2D eigenvalue weighted by atomic mass is 9.73. The largest absolute Gasteiger partial charge is 0.399 e. The van der Waals surface area contributed by atoms with Gasteiger partial charge >= 0.3 is 0 Å². The van der Waals surface area contributed by atoms with Crippen LogP contribution in [-0.2, 0) is 11.8 Å². The number of anilines is 2. The van der Waals surface area contributed by atoms with E-state index in [0.717, 1.165) is 24.2 Å². The molecule has 1 unspecified atom stereocenters. The van der Waals surface area contributed by atoms with Crippen LogP contribution in [0.15, 0.2) is 60.2 Å². The van der Waals surface area contributed by atoms with Gasteiger partial charge < -0.3 is 11.5 Å². The fourth-order valence-corrected chi connectivity index (χ4v) is 2.87. The summed E-state index contributed by atoms with van der Waals surface area (Å²) >= 11 is 0. The molecule has 2 rings (SSSR count). The van der Waals surface area contributed by atoms with Gasteiger partial charge in [0.25, 0.3) is 0 Å². The van der Waals surface area contributed by atoms with E-state index in [0.29, 0.717) is 0 Å². The fourth-order valence-electron chi connectivity index (χ4n) is 2.87. The average molecular weight is 294 g/mol. The van der Waals surface area contributed by atoms with Gasteiger partial charge in [-0.15, -0.1) is 0 Å². The lowest BCUT2D eigenvalue weighted by molar-refractivity contribution is 0.476. The molecule has 4 N–H and O–H groups in total. The van der Waals surface area contributed by atoms with Gasteiger partial charge in [-0.05, 0) is 49.9 Å². The van der Waals surface area contributed by atoms with E-state index in [1.807, 2.05) is 30.3 Å². The number of nitrogens with two attached hydrogens (primary N) is 2. The predicted octanol–water partition coefficient (Wildman–Crippen LogP) is 4.71. The summed E-state index contributed by atoms with van der Waals surface area (Å²) in [5.74, 6) is 0. The van der Waals surface area contributed by atoms with Crippen LogP contribution in [0.1, 0.15) is 38.3 Å². The molecule has 0 bridgehead atoms. The monoisotopic (exact) mass is 294 g/mol. The average Bonchev–Trinajstić information content (AvgIpc) is 2.48. The number of benzene rings is 2. The maximum Gasteiger partial charge on any atom is 0.0352 e. The van der Waals surface area contributed by atoms with Gasteiger partial charge in [0.2, 0.25) is 0 Å². The number of nitrogen functional groups attached to an aromatic ring is 2. The first kappa shape index (κ1) is 16.2. The second-order valence-corrected chi connectivity index (χ2v) is 6.51. The molecule has 0 aliphatic heterocycles. The van der Waals surface area contributed by atoms with Crippen molar-refractivity contribution >= 4 is 11.4 Å². The smallest absolute Gasteiger partial charge is 0.0352 e. The van der Waals surface area contributed by atoms with E-state index in [1.54, 1.807) is 0 Å². The summed E-state index contributed by atoms with van der Waals surface area (Å²) in [5.41, 5.74) is 17.7. The number of rotatable bonds is 5. The van der Waals surface area contributed by atoms with Crippen LogP contribution in [0, 0.1) is 0 Å². The minimum Gasteiger partial charge on any atom is -0.399 e. The number of para-hydroxylation sites is 2. The Morgan fingerprint density at radius 1 is 0.955 bits per heavy atom. The zero-order valence-corrected chi connectivity index (χ0v) is 13.8. The Bertz CT molecular complexity index is 669. The summed E-state index contributed by atoms with van der Waals surface area (Å²) in [5, 5.41) is 0. The van der Waals surface area contributed by atoms with Crippen LogP contribution < -0.4 is 11.5 Å². The van der Waals surface area contributed by atoms with E-state index >= 15 is 0 Å². The fraction of sp³-hybridized carbons (Fsp3) is 0.300. The lowest BCUT2D eigenvalue weighted by Gasteiger charge is -2.31. The van der Waals surface area contributed by atoms with E-state index in [4.69, 9.17) is 11.5 Å². The molecule has 0 heterocycles. The molecule has 1 atom stereocenters. The predicted molar refractivity (Wildman–Crippen MR) is 96.8 cm³/mol. The summed E-state index contributed by atoms with van der Waals surface area (Å²) < 4.78 is 0. The highest BCUT2D eigenvalue weighted by molar-refractivity contribution is 5.53. The molecule has 0 saturated carbocycles. The van der Waals surface area contributed by atoms with Crippen molar-refractivity contribution in [1.29, 1.82) is 0 Å². The molecule has 0 aromatic heterocycles. The molecule has 0 aliphatic carbocycles. The first-order valence-electron chi connectivity index (χ1n) is 7.74. The van der Waals surface area contributed by atoms with Crippen molar-refractivity contribution in [2.75, 3.05) is 11.5 Å². The Morgan fingerprint density at radius 3 is 2.14 bits per heavy atom. The van der Waals surface area contributed by atoms with Gasteiger partial charge in [-0.3, -0.25) is 0 Å². The highest BCUT2D eigenvalue weighted by atomic mass is 14.6. The quantitative estimate of drug-likeness (QED) is 0.620. The second kappa shape index (κ2) is 6.69. The first-order chi connectivity index (χ1) is 10.4. The van der Waals surface area contributed by atoms with Gasteiger partial charge in [0.05, 0.1) is 0 Å². The van der Waals surface area contributed by atoms with Gasteiger partial charge in [0.1, 0.15) is 0 Å². The Labute approximate surface area is 133 Å². The van der Waals surface area contributed by atoms with Crippen LogP contribution in [-0.4, -0.2) is 0 Å². The minimum atomic E-state index is -0.0713.